The second-order valence-corrected chi connectivity index (χ2v) is 9.24. The standard InChI is InChI=1S/C27H24F4N2O2/c1-35-21-3-5-25-22(14-21)27(16-33(25)26(34)18-11-19(28)13-20(29)12-18)6-8-32(9-7-27)15-17-2-4-23(30)24(31)10-17/h2-5,10-14H,6-9,15-16H2,1H3. The van der Waals surface area contributed by atoms with E-state index in [1.165, 1.54) is 6.07 Å². The molecule has 2 aliphatic heterocycles. The molecule has 1 amide bonds. The summed E-state index contributed by atoms with van der Waals surface area (Å²) in [4.78, 5) is 17.1. The lowest BCUT2D eigenvalue weighted by Crippen LogP contribution is -2.45. The van der Waals surface area contributed by atoms with Gasteiger partial charge in [0.2, 0.25) is 0 Å². The summed E-state index contributed by atoms with van der Waals surface area (Å²) in [5.41, 5.74) is 1.97. The number of ether oxygens (including phenoxy) is 1. The fraction of sp³-hybridized carbons (Fsp3) is 0.296. The number of likely N-dealkylation sites (tertiary alicyclic amines) is 1. The number of hydrogen-bond acceptors (Lipinski definition) is 3. The number of carbonyl (C=O) groups is 1. The van der Waals surface area contributed by atoms with Crippen LogP contribution in [0.15, 0.2) is 54.6 Å². The van der Waals surface area contributed by atoms with Crippen LogP contribution in [0.3, 0.4) is 0 Å². The van der Waals surface area contributed by atoms with Crippen molar-refractivity contribution in [3.63, 3.8) is 0 Å². The average Bonchev–Trinajstić information content (AvgIpc) is 3.15. The first kappa shape index (κ1) is 23.4. The molecule has 0 bridgehead atoms. The van der Waals surface area contributed by atoms with Gasteiger partial charge in [-0.25, -0.2) is 17.6 Å². The number of rotatable bonds is 4. The van der Waals surface area contributed by atoms with E-state index in [0.717, 1.165) is 42.7 Å². The largest absolute Gasteiger partial charge is 0.497 e. The number of anilines is 1. The molecule has 2 aliphatic rings. The van der Waals surface area contributed by atoms with Crippen molar-refractivity contribution in [2.45, 2.75) is 24.8 Å². The van der Waals surface area contributed by atoms with Crippen molar-refractivity contribution < 1.29 is 27.1 Å². The van der Waals surface area contributed by atoms with Gasteiger partial charge in [0, 0.05) is 35.8 Å². The molecule has 0 aromatic heterocycles. The minimum absolute atomic E-state index is 0.0444. The first-order valence-electron chi connectivity index (χ1n) is 11.4. The molecule has 2 heterocycles. The fourth-order valence-corrected chi connectivity index (χ4v) is 5.25. The van der Waals surface area contributed by atoms with Crippen LogP contribution < -0.4 is 9.64 Å². The Morgan fingerprint density at radius 2 is 1.63 bits per heavy atom. The Morgan fingerprint density at radius 3 is 2.29 bits per heavy atom. The van der Waals surface area contributed by atoms with Crippen LogP contribution in [0.2, 0.25) is 0 Å². The Kier molecular flexibility index (Phi) is 6.01. The average molecular weight is 484 g/mol. The van der Waals surface area contributed by atoms with Gasteiger partial charge in [0.15, 0.2) is 11.6 Å². The van der Waals surface area contributed by atoms with Crippen LogP contribution in [0.1, 0.15) is 34.3 Å². The Bertz CT molecular complexity index is 1270. The van der Waals surface area contributed by atoms with Crippen molar-refractivity contribution in [1.82, 2.24) is 4.90 Å². The summed E-state index contributed by atoms with van der Waals surface area (Å²) >= 11 is 0. The van der Waals surface area contributed by atoms with Gasteiger partial charge >= 0.3 is 0 Å². The smallest absolute Gasteiger partial charge is 0.258 e. The summed E-state index contributed by atoms with van der Waals surface area (Å²) in [6, 6.07) is 12.3. The zero-order valence-electron chi connectivity index (χ0n) is 19.2. The highest BCUT2D eigenvalue weighted by molar-refractivity contribution is 6.07. The van der Waals surface area contributed by atoms with Gasteiger partial charge in [0.25, 0.3) is 5.91 Å². The quantitative estimate of drug-likeness (QED) is 0.462. The van der Waals surface area contributed by atoms with E-state index in [-0.39, 0.29) is 11.0 Å². The van der Waals surface area contributed by atoms with E-state index in [1.54, 1.807) is 24.1 Å². The molecule has 3 aromatic carbocycles. The summed E-state index contributed by atoms with van der Waals surface area (Å²) in [5.74, 6) is -3.14. The summed E-state index contributed by atoms with van der Waals surface area (Å²) in [5, 5.41) is 0. The summed E-state index contributed by atoms with van der Waals surface area (Å²) < 4.78 is 60.0. The van der Waals surface area contributed by atoms with Gasteiger partial charge in [-0.1, -0.05) is 6.07 Å². The Hall–Kier alpha value is -3.39. The first-order chi connectivity index (χ1) is 16.8. The van der Waals surface area contributed by atoms with Gasteiger partial charge in [-0.2, -0.15) is 0 Å². The van der Waals surface area contributed by atoms with E-state index in [9.17, 15) is 22.4 Å². The Labute approximate surface area is 200 Å². The number of fused-ring (bicyclic) bond motifs is 2. The highest BCUT2D eigenvalue weighted by atomic mass is 19.2. The van der Waals surface area contributed by atoms with Gasteiger partial charge in [-0.05, 0) is 79.5 Å². The third-order valence-electron chi connectivity index (χ3n) is 7.08. The number of hydrogen-bond donors (Lipinski definition) is 0. The lowest BCUT2D eigenvalue weighted by Gasteiger charge is -2.40. The zero-order chi connectivity index (χ0) is 24.7. The lowest BCUT2D eigenvalue weighted by molar-refractivity contribution is 0.0974. The maximum Gasteiger partial charge on any atom is 0.258 e. The molecule has 35 heavy (non-hydrogen) atoms. The third kappa shape index (κ3) is 4.38. The minimum atomic E-state index is -0.870. The van der Waals surface area contributed by atoms with Gasteiger partial charge < -0.3 is 9.64 Å². The van der Waals surface area contributed by atoms with E-state index in [2.05, 4.69) is 4.90 Å². The monoisotopic (exact) mass is 484 g/mol. The fourth-order valence-electron chi connectivity index (χ4n) is 5.25. The predicted octanol–water partition coefficient (Wildman–Crippen LogP) is 5.45. The van der Waals surface area contributed by atoms with E-state index < -0.39 is 29.2 Å². The molecule has 1 spiro atoms. The first-order valence-corrected chi connectivity index (χ1v) is 11.4. The number of nitrogens with zero attached hydrogens (tertiary/aromatic N) is 2. The van der Waals surface area contributed by atoms with Crippen LogP contribution in [0.25, 0.3) is 0 Å². The van der Waals surface area contributed by atoms with Crippen molar-refractivity contribution in [3.05, 3.63) is 94.6 Å². The Balaban J connectivity index is 1.41. The number of halogens is 4. The number of benzene rings is 3. The molecule has 1 saturated heterocycles. The van der Waals surface area contributed by atoms with E-state index in [1.807, 2.05) is 12.1 Å². The van der Waals surface area contributed by atoms with Crippen LogP contribution in [0, 0.1) is 23.3 Å². The molecule has 0 N–H and O–H groups in total. The van der Waals surface area contributed by atoms with Crippen molar-refractivity contribution in [2.24, 2.45) is 0 Å². The molecule has 0 unspecified atom stereocenters. The summed E-state index contributed by atoms with van der Waals surface area (Å²) in [6.45, 7) is 2.24. The van der Waals surface area contributed by atoms with E-state index in [0.29, 0.717) is 43.2 Å². The third-order valence-corrected chi connectivity index (χ3v) is 7.08. The highest BCUT2D eigenvalue weighted by Crippen LogP contribution is 2.48. The predicted molar refractivity (Wildman–Crippen MR) is 124 cm³/mol. The van der Waals surface area contributed by atoms with Crippen LogP contribution in [0.5, 0.6) is 5.75 Å². The molecule has 182 valence electrons. The number of methoxy groups -OCH3 is 1. The summed E-state index contributed by atoms with van der Waals surface area (Å²) in [6.07, 6.45) is 1.44. The van der Waals surface area contributed by atoms with Crippen molar-refractivity contribution in [3.8, 4) is 5.75 Å². The minimum Gasteiger partial charge on any atom is -0.497 e. The van der Waals surface area contributed by atoms with Gasteiger partial charge in [0.05, 0.1) is 7.11 Å². The van der Waals surface area contributed by atoms with Crippen molar-refractivity contribution in [1.29, 1.82) is 0 Å². The zero-order valence-corrected chi connectivity index (χ0v) is 19.2. The second kappa shape index (κ2) is 9.00. The van der Waals surface area contributed by atoms with Gasteiger partial charge in [-0.3, -0.25) is 9.69 Å². The molecule has 1 fully saturated rings. The number of piperidine rings is 1. The van der Waals surface area contributed by atoms with E-state index in [4.69, 9.17) is 4.74 Å². The lowest BCUT2D eigenvalue weighted by atomic mass is 9.74. The van der Waals surface area contributed by atoms with Crippen LogP contribution in [-0.2, 0) is 12.0 Å². The normalized spacial score (nSPS) is 17.0. The number of carbonyl (C=O) groups excluding carboxylic acids is 1. The second-order valence-electron chi connectivity index (χ2n) is 9.24. The molecule has 0 atom stereocenters. The van der Waals surface area contributed by atoms with Crippen LogP contribution >= 0.6 is 0 Å². The van der Waals surface area contributed by atoms with Gasteiger partial charge in [-0.15, -0.1) is 0 Å². The molecule has 8 heteroatoms. The van der Waals surface area contributed by atoms with Crippen molar-refractivity contribution in [2.75, 3.05) is 31.6 Å². The molecular formula is C27H24F4N2O2. The number of amides is 1. The molecule has 3 aromatic rings. The van der Waals surface area contributed by atoms with Crippen molar-refractivity contribution >= 4 is 11.6 Å². The molecule has 0 aliphatic carbocycles. The molecule has 0 radical (unpaired) electrons. The molecule has 5 rings (SSSR count). The maximum atomic E-state index is 13.8. The SMILES string of the molecule is COc1ccc2c(c1)C1(CCN(Cc3ccc(F)c(F)c3)CC1)CN2C(=O)c1cc(F)cc(F)c1. The summed E-state index contributed by atoms with van der Waals surface area (Å²) in [7, 11) is 1.58. The molecule has 0 saturated carbocycles. The van der Waals surface area contributed by atoms with Crippen LogP contribution in [0.4, 0.5) is 23.2 Å². The van der Waals surface area contributed by atoms with Gasteiger partial charge in [0.1, 0.15) is 17.4 Å². The highest BCUT2D eigenvalue weighted by Gasteiger charge is 2.46. The molecular weight excluding hydrogens is 460 g/mol. The topological polar surface area (TPSA) is 32.8 Å². The van der Waals surface area contributed by atoms with Crippen LogP contribution in [-0.4, -0.2) is 37.6 Å². The molecule has 4 nitrogen and oxygen atoms in total. The maximum absolute atomic E-state index is 13.8. The Morgan fingerprint density at radius 1 is 0.914 bits per heavy atom. The van der Waals surface area contributed by atoms with E-state index >= 15 is 0 Å².